The van der Waals surface area contributed by atoms with Gasteiger partial charge in [-0.2, -0.15) is 0 Å². The largest absolute Gasteiger partial charge is 0.333 e. The lowest BCUT2D eigenvalue weighted by Crippen LogP contribution is -2.52. The molecule has 1 heterocycles. The number of carbonyl (C=O) groups is 1. The Hall–Kier alpha value is -1.06. The topological polar surface area (TPSA) is 32.3 Å². The van der Waals surface area contributed by atoms with Gasteiger partial charge < -0.3 is 10.2 Å². The average molecular weight is 269 g/mol. The first kappa shape index (κ1) is 15.0. The first-order valence-electron chi connectivity index (χ1n) is 6.33. The minimum Gasteiger partial charge on any atom is -0.333 e. The predicted octanol–water partition coefficient (Wildman–Crippen LogP) is 2.10. The van der Waals surface area contributed by atoms with E-state index in [0.29, 0.717) is 0 Å². The van der Waals surface area contributed by atoms with Crippen molar-refractivity contribution in [2.75, 3.05) is 19.6 Å². The van der Waals surface area contributed by atoms with Crippen LogP contribution in [0.25, 0.3) is 0 Å². The second-order valence-electron chi connectivity index (χ2n) is 4.60. The molecule has 1 saturated heterocycles. The molecular formula is C14H21ClN2O. The number of nitrogens with one attached hydrogen (secondary N) is 1. The number of hydrogen-bond donors (Lipinski definition) is 1. The Morgan fingerprint density at radius 2 is 2.06 bits per heavy atom. The summed E-state index contributed by atoms with van der Waals surface area (Å²) < 4.78 is 0. The van der Waals surface area contributed by atoms with Crippen LogP contribution < -0.4 is 5.32 Å². The van der Waals surface area contributed by atoms with Crippen LogP contribution in [0.1, 0.15) is 29.8 Å². The van der Waals surface area contributed by atoms with E-state index in [1.54, 1.807) is 0 Å². The first-order chi connectivity index (χ1) is 8.22. The smallest absolute Gasteiger partial charge is 0.254 e. The molecule has 4 heteroatoms. The number of rotatable bonds is 2. The predicted molar refractivity (Wildman–Crippen MR) is 76.4 cm³/mol. The van der Waals surface area contributed by atoms with E-state index < -0.39 is 0 Å². The monoisotopic (exact) mass is 268 g/mol. The molecular weight excluding hydrogens is 248 g/mol. The molecule has 0 spiro atoms. The molecule has 0 radical (unpaired) electrons. The summed E-state index contributed by atoms with van der Waals surface area (Å²) in [5.41, 5.74) is 2.07. The maximum atomic E-state index is 12.3. The lowest BCUT2D eigenvalue weighted by molar-refractivity contribution is 0.0656. The minimum atomic E-state index is 0. The van der Waals surface area contributed by atoms with Gasteiger partial charge in [0.05, 0.1) is 0 Å². The van der Waals surface area contributed by atoms with Gasteiger partial charge in [0, 0.05) is 31.2 Å². The summed E-state index contributed by atoms with van der Waals surface area (Å²) in [6, 6.07) is 8.24. The maximum Gasteiger partial charge on any atom is 0.254 e. The van der Waals surface area contributed by atoms with Gasteiger partial charge in [0.15, 0.2) is 0 Å². The van der Waals surface area contributed by atoms with Gasteiger partial charge in [0.25, 0.3) is 5.91 Å². The number of amides is 1. The normalized spacial score (nSPS) is 19.2. The van der Waals surface area contributed by atoms with E-state index >= 15 is 0 Å². The summed E-state index contributed by atoms with van der Waals surface area (Å²) in [5.74, 6) is 0.154. The molecule has 3 nitrogen and oxygen atoms in total. The Kier molecular flexibility index (Phi) is 5.63. The van der Waals surface area contributed by atoms with Crippen molar-refractivity contribution in [2.45, 2.75) is 26.3 Å². The van der Waals surface area contributed by atoms with Crippen molar-refractivity contribution in [1.82, 2.24) is 10.2 Å². The molecule has 1 amide bonds. The Balaban J connectivity index is 0.00000162. The number of benzene rings is 1. The average Bonchev–Trinajstić information content (AvgIpc) is 2.39. The van der Waals surface area contributed by atoms with Gasteiger partial charge in [-0.25, -0.2) is 0 Å². The number of hydrogen-bond acceptors (Lipinski definition) is 2. The summed E-state index contributed by atoms with van der Waals surface area (Å²) in [6.07, 6.45) is 1.01. The van der Waals surface area contributed by atoms with E-state index in [4.69, 9.17) is 0 Å². The molecule has 1 N–H and O–H groups in total. The van der Waals surface area contributed by atoms with E-state index in [9.17, 15) is 4.79 Å². The van der Waals surface area contributed by atoms with Crippen molar-refractivity contribution in [3.05, 3.63) is 35.4 Å². The fraction of sp³-hybridized carbons (Fsp3) is 0.500. The SMILES string of the molecule is CCc1ccc(C(=O)N2CCNC[C@H]2C)cc1.Cl. The molecule has 0 aliphatic carbocycles. The molecule has 1 atom stereocenters. The molecule has 1 aromatic carbocycles. The highest BCUT2D eigenvalue weighted by Crippen LogP contribution is 2.11. The van der Waals surface area contributed by atoms with Crippen molar-refractivity contribution < 1.29 is 4.79 Å². The number of carbonyl (C=O) groups excluding carboxylic acids is 1. The van der Waals surface area contributed by atoms with Crippen molar-refractivity contribution in [3.8, 4) is 0 Å². The van der Waals surface area contributed by atoms with Gasteiger partial charge in [0.1, 0.15) is 0 Å². The van der Waals surface area contributed by atoms with Crippen LogP contribution in [-0.2, 0) is 6.42 Å². The Morgan fingerprint density at radius 3 is 2.61 bits per heavy atom. The highest BCUT2D eigenvalue weighted by Gasteiger charge is 2.23. The van der Waals surface area contributed by atoms with E-state index in [1.165, 1.54) is 5.56 Å². The molecule has 0 saturated carbocycles. The van der Waals surface area contributed by atoms with E-state index in [-0.39, 0.29) is 24.4 Å². The molecule has 18 heavy (non-hydrogen) atoms. The zero-order valence-corrected chi connectivity index (χ0v) is 11.8. The summed E-state index contributed by atoms with van der Waals surface area (Å²) in [7, 11) is 0. The molecule has 1 fully saturated rings. The van der Waals surface area contributed by atoms with Gasteiger partial charge >= 0.3 is 0 Å². The van der Waals surface area contributed by atoms with Crippen LogP contribution in [0, 0.1) is 0 Å². The molecule has 1 aliphatic heterocycles. The second kappa shape index (κ2) is 6.76. The first-order valence-corrected chi connectivity index (χ1v) is 6.33. The third kappa shape index (κ3) is 3.24. The summed E-state index contributed by atoms with van der Waals surface area (Å²) in [4.78, 5) is 14.3. The lowest BCUT2D eigenvalue weighted by atomic mass is 10.1. The quantitative estimate of drug-likeness (QED) is 0.891. The Morgan fingerprint density at radius 1 is 1.39 bits per heavy atom. The number of halogens is 1. The van der Waals surface area contributed by atoms with Crippen LogP contribution in [-0.4, -0.2) is 36.5 Å². The van der Waals surface area contributed by atoms with Crippen molar-refractivity contribution >= 4 is 18.3 Å². The maximum absolute atomic E-state index is 12.3. The summed E-state index contributed by atoms with van der Waals surface area (Å²) >= 11 is 0. The number of piperazine rings is 1. The highest BCUT2D eigenvalue weighted by atomic mass is 35.5. The minimum absolute atomic E-state index is 0. The lowest BCUT2D eigenvalue weighted by Gasteiger charge is -2.34. The van der Waals surface area contributed by atoms with Crippen molar-refractivity contribution in [3.63, 3.8) is 0 Å². The second-order valence-corrected chi connectivity index (χ2v) is 4.60. The van der Waals surface area contributed by atoms with Crippen LogP contribution in [0.4, 0.5) is 0 Å². The van der Waals surface area contributed by atoms with Crippen LogP contribution in [0.3, 0.4) is 0 Å². The van der Waals surface area contributed by atoms with Gasteiger partial charge in [-0.1, -0.05) is 19.1 Å². The zero-order valence-electron chi connectivity index (χ0n) is 11.0. The molecule has 0 unspecified atom stereocenters. The van der Waals surface area contributed by atoms with Crippen LogP contribution in [0.5, 0.6) is 0 Å². The fourth-order valence-corrected chi connectivity index (χ4v) is 2.19. The molecule has 0 aromatic heterocycles. The van der Waals surface area contributed by atoms with Crippen molar-refractivity contribution in [1.29, 1.82) is 0 Å². The zero-order chi connectivity index (χ0) is 12.3. The van der Waals surface area contributed by atoms with E-state index in [0.717, 1.165) is 31.6 Å². The molecule has 1 aromatic rings. The van der Waals surface area contributed by atoms with Crippen LogP contribution in [0.2, 0.25) is 0 Å². The summed E-state index contributed by atoms with van der Waals surface area (Å²) in [5, 5.41) is 3.30. The molecule has 1 aliphatic rings. The Labute approximate surface area is 115 Å². The Bertz CT molecular complexity index is 391. The van der Waals surface area contributed by atoms with Crippen LogP contribution >= 0.6 is 12.4 Å². The van der Waals surface area contributed by atoms with Gasteiger partial charge in [-0.15, -0.1) is 12.4 Å². The van der Waals surface area contributed by atoms with Gasteiger partial charge in [-0.05, 0) is 31.0 Å². The number of nitrogens with zero attached hydrogens (tertiary/aromatic N) is 1. The van der Waals surface area contributed by atoms with Crippen LogP contribution in [0.15, 0.2) is 24.3 Å². The molecule has 100 valence electrons. The highest BCUT2D eigenvalue weighted by molar-refractivity contribution is 5.94. The molecule has 0 bridgehead atoms. The van der Waals surface area contributed by atoms with E-state index in [2.05, 4.69) is 19.2 Å². The third-order valence-electron chi connectivity index (χ3n) is 3.37. The number of aryl methyl sites for hydroxylation is 1. The van der Waals surface area contributed by atoms with E-state index in [1.807, 2.05) is 29.2 Å². The summed E-state index contributed by atoms with van der Waals surface area (Å²) in [6.45, 7) is 6.79. The van der Waals surface area contributed by atoms with Gasteiger partial charge in [0.2, 0.25) is 0 Å². The third-order valence-corrected chi connectivity index (χ3v) is 3.37. The fourth-order valence-electron chi connectivity index (χ4n) is 2.19. The molecule has 2 rings (SSSR count). The van der Waals surface area contributed by atoms with Gasteiger partial charge in [-0.3, -0.25) is 4.79 Å². The standard InChI is InChI=1S/C14H20N2O.ClH/c1-3-12-4-6-13(7-5-12)14(17)16-9-8-15-10-11(16)2;/h4-7,11,15H,3,8-10H2,1-2H3;1H/t11-;/m1./s1. The van der Waals surface area contributed by atoms with Crippen molar-refractivity contribution in [2.24, 2.45) is 0 Å².